The highest BCUT2D eigenvalue weighted by Gasteiger charge is 2.06. The van der Waals surface area contributed by atoms with Gasteiger partial charge in [-0.2, -0.15) is 0 Å². The third kappa shape index (κ3) is 14.4. The summed E-state index contributed by atoms with van der Waals surface area (Å²) in [5.74, 6) is 0.390. The first-order chi connectivity index (χ1) is 8.83. The normalized spacial score (nSPS) is 11.3. The summed E-state index contributed by atoms with van der Waals surface area (Å²) in [5, 5.41) is 0. The van der Waals surface area contributed by atoms with E-state index in [0.29, 0.717) is 17.9 Å². The molecule has 0 amide bonds. The number of ether oxygens (including phenoxy) is 1. The molecule has 0 bridgehead atoms. The monoisotopic (exact) mass is 326 g/mol. The van der Waals surface area contributed by atoms with E-state index in [1.807, 2.05) is 0 Å². The third-order valence-electron chi connectivity index (χ3n) is 2.38. The average molecular weight is 326 g/mol. The van der Waals surface area contributed by atoms with Gasteiger partial charge in [-0.1, -0.05) is 43.6 Å². The van der Waals surface area contributed by atoms with Crippen molar-refractivity contribution in [3.63, 3.8) is 0 Å². The fourth-order valence-corrected chi connectivity index (χ4v) is 3.73. The summed E-state index contributed by atoms with van der Waals surface area (Å²) in [6.45, 7) is 5.61. The van der Waals surface area contributed by atoms with E-state index in [1.165, 1.54) is 0 Å². The Kier molecular flexibility index (Phi) is 10.9. The molecule has 0 heterocycles. The van der Waals surface area contributed by atoms with Crippen LogP contribution in [0.2, 0.25) is 0 Å². The smallest absolute Gasteiger partial charge is 0.333 e. The molecule has 0 aromatic carbocycles. The molecule has 0 atom stereocenters. The highest BCUT2D eigenvalue weighted by Crippen LogP contribution is 2.50. The molecule has 0 aliphatic rings. The quantitative estimate of drug-likeness (QED) is 0.263. The molecule has 0 rings (SSSR count). The number of esters is 1. The standard InChI is InChI=1S/C12H23O4PS2/c1-11(2)12(13)16-9-7-5-3-4-6-8-10-19-17(14,15)18/h1,3-10H2,2H3,(H2,14,15,18). The predicted molar refractivity (Wildman–Crippen MR) is 84.7 cm³/mol. The molecule has 0 aromatic rings. The molecule has 0 aliphatic carbocycles. The molecular weight excluding hydrogens is 303 g/mol. The number of carbonyl (C=O) groups is 1. The summed E-state index contributed by atoms with van der Waals surface area (Å²) in [6.07, 6.45) is 6.13. The summed E-state index contributed by atoms with van der Waals surface area (Å²) in [5.41, 5.74) is -2.62. The summed E-state index contributed by atoms with van der Waals surface area (Å²) in [7, 11) is 0. The molecule has 0 spiro atoms. The Labute approximate surface area is 124 Å². The maximum absolute atomic E-state index is 11.1. The zero-order chi connectivity index (χ0) is 14.7. The first-order valence-corrected chi connectivity index (χ1v) is 10.7. The molecule has 0 unspecified atom stereocenters. The Morgan fingerprint density at radius 2 is 1.74 bits per heavy atom. The Balaban J connectivity index is 3.22. The lowest BCUT2D eigenvalue weighted by atomic mass is 10.1. The van der Waals surface area contributed by atoms with Crippen LogP contribution < -0.4 is 0 Å². The van der Waals surface area contributed by atoms with Crippen molar-refractivity contribution >= 4 is 34.9 Å². The molecule has 2 N–H and O–H groups in total. The van der Waals surface area contributed by atoms with Gasteiger partial charge in [0.05, 0.1) is 6.61 Å². The fraction of sp³-hybridized carbons (Fsp3) is 0.750. The fourth-order valence-electron chi connectivity index (χ4n) is 1.38. The van der Waals surface area contributed by atoms with E-state index in [-0.39, 0.29) is 5.97 Å². The van der Waals surface area contributed by atoms with Crippen molar-refractivity contribution in [2.24, 2.45) is 0 Å². The van der Waals surface area contributed by atoms with E-state index in [0.717, 1.165) is 49.9 Å². The second-order valence-corrected chi connectivity index (χ2v) is 10.5. The molecule has 0 saturated carbocycles. The van der Waals surface area contributed by atoms with E-state index in [9.17, 15) is 4.79 Å². The lowest BCUT2D eigenvalue weighted by Gasteiger charge is -2.06. The molecular formula is C12H23O4PS2. The topological polar surface area (TPSA) is 66.8 Å². The molecule has 4 nitrogen and oxygen atoms in total. The van der Waals surface area contributed by atoms with Crippen molar-refractivity contribution in [2.75, 3.05) is 12.4 Å². The van der Waals surface area contributed by atoms with Crippen LogP contribution >= 0.6 is 17.1 Å². The lowest BCUT2D eigenvalue weighted by molar-refractivity contribution is -0.139. The summed E-state index contributed by atoms with van der Waals surface area (Å²) < 4.78 is 4.98. The molecule has 19 heavy (non-hydrogen) atoms. The number of hydrogen-bond donors (Lipinski definition) is 2. The van der Waals surface area contributed by atoms with Crippen LogP contribution in [0, 0.1) is 0 Å². The van der Waals surface area contributed by atoms with Crippen LogP contribution in [0.15, 0.2) is 12.2 Å². The minimum atomic E-state index is -3.06. The van der Waals surface area contributed by atoms with Gasteiger partial charge in [0.2, 0.25) is 5.69 Å². The van der Waals surface area contributed by atoms with Crippen LogP contribution in [0.25, 0.3) is 0 Å². The Hall–Kier alpha value is 0.130. The van der Waals surface area contributed by atoms with E-state index in [1.54, 1.807) is 6.92 Å². The Bertz CT molecular complexity index is 328. The van der Waals surface area contributed by atoms with Crippen LogP contribution in [0.4, 0.5) is 0 Å². The van der Waals surface area contributed by atoms with Crippen LogP contribution in [0.1, 0.15) is 45.4 Å². The van der Waals surface area contributed by atoms with Crippen molar-refractivity contribution in [3.8, 4) is 0 Å². The largest absolute Gasteiger partial charge is 0.462 e. The van der Waals surface area contributed by atoms with Crippen molar-refractivity contribution in [1.82, 2.24) is 0 Å². The van der Waals surface area contributed by atoms with Gasteiger partial charge in [0, 0.05) is 11.3 Å². The second-order valence-electron chi connectivity index (χ2n) is 4.36. The molecule has 0 fully saturated rings. The predicted octanol–water partition coefficient (Wildman–Crippen LogP) is 3.39. The van der Waals surface area contributed by atoms with Gasteiger partial charge < -0.3 is 14.5 Å². The number of carbonyl (C=O) groups excluding carboxylic acids is 1. The van der Waals surface area contributed by atoms with E-state index in [4.69, 9.17) is 14.5 Å². The molecule has 112 valence electrons. The minimum Gasteiger partial charge on any atom is -0.462 e. The second kappa shape index (κ2) is 10.9. The molecule has 0 radical (unpaired) electrons. The SMILES string of the molecule is C=C(C)C(=O)OCCCCCCCCSP(O)(O)=S. The minimum absolute atomic E-state index is 0.319. The van der Waals surface area contributed by atoms with E-state index in [2.05, 4.69) is 18.4 Å². The lowest BCUT2D eigenvalue weighted by Crippen LogP contribution is -2.05. The molecule has 0 aliphatic heterocycles. The van der Waals surface area contributed by atoms with Crippen molar-refractivity contribution in [2.45, 2.75) is 45.4 Å². The first kappa shape index (κ1) is 19.1. The van der Waals surface area contributed by atoms with Crippen molar-refractivity contribution in [3.05, 3.63) is 12.2 Å². The van der Waals surface area contributed by atoms with E-state index >= 15 is 0 Å². The Morgan fingerprint density at radius 1 is 1.21 bits per heavy atom. The van der Waals surface area contributed by atoms with Crippen molar-refractivity contribution in [1.29, 1.82) is 0 Å². The van der Waals surface area contributed by atoms with Gasteiger partial charge in [-0.25, -0.2) is 4.79 Å². The average Bonchev–Trinajstić information content (AvgIpc) is 2.29. The summed E-state index contributed by atoms with van der Waals surface area (Å²) in [6, 6.07) is 0. The number of rotatable bonds is 11. The summed E-state index contributed by atoms with van der Waals surface area (Å²) >= 11 is 5.59. The zero-order valence-electron chi connectivity index (χ0n) is 11.3. The van der Waals surface area contributed by atoms with Crippen LogP contribution in [0.3, 0.4) is 0 Å². The van der Waals surface area contributed by atoms with Gasteiger partial charge in [0.15, 0.2) is 0 Å². The first-order valence-electron chi connectivity index (χ1n) is 6.35. The van der Waals surface area contributed by atoms with Gasteiger partial charge in [-0.05, 0) is 31.6 Å². The van der Waals surface area contributed by atoms with Gasteiger partial charge in [-0.15, -0.1) is 0 Å². The molecule has 0 saturated heterocycles. The van der Waals surface area contributed by atoms with Gasteiger partial charge >= 0.3 is 5.97 Å². The molecule has 0 aromatic heterocycles. The highest BCUT2D eigenvalue weighted by atomic mass is 32.9. The van der Waals surface area contributed by atoms with Crippen LogP contribution in [-0.2, 0) is 21.3 Å². The van der Waals surface area contributed by atoms with E-state index < -0.39 is 5.69 Å². The third-order valence-corrected chi connectivity index (χ3v) is 5.69. The zero-order valence-corrected chi connectivity index (χ0v) is 13.9. The maximum Gasteiger partial charge on any atom is 0.333 e. The highest BCUT2D eigenvalue weighted by molar-refractivity contribution is 8.67. The maximum atomic E-state index is 11.1. The van der Waals surface area contributed by atoms with Crippen molar-refractivity contribution < 1.29 is 19.3 Å². The number of hydrogen-bond acceptors (Lipinski definition) is 4. The molecule has 7 heteroatoms. The van der Waals surface area contributed by atoms with Gasteiger partial charge in [-0.3, -0.25) is 0 Å². The Morgan fingerprint density at radius 3 is 2.26 bits per heavy atom. The van der Waals surface area contributed by atoms with Gasteiger partial charge in [0.25, 0.3) is 0 Å². The number of unbranched alkanes of at least 4 members (excludes halogenated alkanes) is 5. The van der Waals surface area contributed by atoms with Gasteiger partial charge in [0.1, 0.15) is 0 Å². The summed E-state index contributed by atoms with van der Waals surface area (Å²) in [4.78, 5) is 29.1. The van der Waals surface area contributed by atoms with Crippen LogP contribution in [-0.4, -0.2) is 28.1 Å². The van der Waals surface area contributed by atoms with Crippen LogP contribution in [0.5, 0.6) is 0 Å².